The van der Waals surface area contributed by atoms with Crippen LogP contribution in [0, 0.1) is 0 Å². The Morgan fingerprint density at radius 3 is 2.36 bits per heavy atom. The monoisotopic (exact) mass is 307 g/mol. The fourth-order valence-corrected chi connectivity index (χ4v) is 2.58. The van der Waals surface area contributed by atoms with E-state index in [0.717, 1.165) is 4.90 Å². The maximum absolute atomic E-state index is 12.2. The first-order valence-corrected chi connectivity index (χ1v) is 7.13. The standard InChI is InChI=1S/C16H21NO5/c1-15(2,3)22-14(20)17-10-16(21,9-12(17)13(18)19)11-7-5-4-6-8-11/h4-8,12,21H,9-10H2,1-3H3,(H,18,19)/t12-,16?/m0/s1. The Balaban J connectivity index is 2.27. The van der Waals surface area contributed by atoms with Gasteiger partial charge < -0.3 is 14.9 Å². The van der Waals surface area contributed by atoms with Crippen LogP contribution in [0.3, 0.4) is 0 Å². The van der Waals surface area contributed by atoms with Gasteiger partial charge in [0.25, 0.3) is 0 Å². The molecule has 22 heavy (non-hydrogen) atoms. The van der Waals surface area contributed by atoms with Crippen molar-refractivity contribution in [1.82, 2.24) is 4.90 Å². The Labute approximate surface area is 129 Å². The van der Waals surface area contributed by atoms with Gasteiger partial charge in [0.2, 0.25) is 0 Å². The van der Waals surface area contributed by atoms with Crippen molar-refractivity contribution >= 4 is 12.1 Å². The third-order valence-corrected chi connectivity index (χ3v) is 3.56. The first-order valence-electron chi connectivity index (χ1n) is 7.13. The molecule has 1 saturated heterocycles. The summed E-state index contributed by atoms with van der Waals surface area (Å²) < 4.78 is 5.24. The number of β-amino-alcohol motifs (C(OH)–C–C–N with tert-alkyl or cyclic N) is 1. The van der Waals surface area contributed by atoms with Crippen LogP contribution in [-0.2, 0) is 15.1 Å². The smallest absolute Gasteiger partial charge is 0.411 e. The van der Waals surface area contributed by atoms with E-state index in [-0.39, 0.29) is 13.0 Å². The van der Waals surface area contributed by atoms with E-state index >= 15 is 0 Å². The molecule has 1 heterocycles. The van der Waals surface area contributed by atoms with E-state index < -0.39 is 29.3 Å². The second kappa shape index (κ2) is 5.61. The second-order valence-corrected chi connectivity index (χ2v) is 6.56. The van der Waals surface area contributed by atoms with Crippen LogP contribution < -0.4 is 0 Å². The van der Waals surface area contributed by atoms with Crippen molar-refractivity contribution in [2.24, 2.45) is 0 Å². The van der Waals surface area contributed by atoms with Crippen molar-refractivity contribution in [3.05, 3.63) is 35.9 Å². The van der Waals surface area contributed by atoms with Crippen LogP contribution in [0.2, 0.25) is 0 Å². The fraction of sp³-hybridized carbons (Fsp3) is 0.500. The number of hydrogen-bond acceptors (Lipinski definition) is 4. The second-order valence-electron chi connectivity index (χ2n) is 6.56. The highest BCUT2D eigenvalue weighted by atomic mass is 16.6. The minimum atomic E-state index is -1.39. The highest BCUT2D eigenvalue weighted by Crippen LogP contribution is 2.36. The maximum Gasteiger partial charge on any atom is 0.411 e. The molecular weight excluding hydrogens is 286 g/mol. The quantitative estimate of drug-likeness (QED) is 0.872. The lowest BCUT2D eigenvalue weighted by Gasteiger charge is -2.27. The van der Waals surface area contributed by atoms with Crippen LogP contribution in [0.25, 0.3) is 0 Å². The zero-order valence-corrected chi connectivity index (χ0v) is 12.9. The molecule has 1 aliphatic rings. The third kappa shape index (κ3) is 3.39. The van der Waals surface area contributed by atoms with E-state index in [4.69, 9.17) is 4.74 Å². The summed E-state index contributed by atoms with van der Waals surface area (Å²) in [6.07, 6.45) is -0.794. The SMILES string of the molecule is CC(C)(C)OC(=O)N1CC(O)(c2ccccc2)C[C@H]1C(=O)O. The number of carboxylic acid groups (broad SMARTS) is 1. The van der Waals surface area contributed by atoms with Gasteiger partial charge in [-0.2, -0.15) is 0 Å². The van der Waals surface area contributed by atoms with Crippen molar-refractivity contribution < 1.29 is 24.5 Å². The molecule has 6 nitrogen and oxygen atoms in total. The molecule has 1 aromatic carbocycles. The molecule has 1 unspecified atom stereocenters. The van der Waals surface area contributed by atoms with Crippen LogP contribution in [-0.4, -0.2) is 45.4 Å². The molecule has 0 aliphatic carbocycles. The minimum Gasteiger partial charge on any atom is -0.480 e. The van der Waals surface area contributed by atoms with Gasteiger partial charge in [0, 0.05) is 6.42 Å². The predicted molar refractivity (Wildman–Crippen MR) is 79.3 cm³/mol. The molecule has 6 heteroatoms. The maximum atomic E-state index is 12.2. The Hall–Kier alpha value is -2.08. The average Bonchev–Trinajstić information content (AvgIpc) is 2.78. The highest BCUT2D eigenvalue weighted by molar-refractivity contribution is 5.81. The van der Waals surface area contributed by atoms with Gasteiger partial charge in [-0.15, -0.1) is 0 Å². The van der Waals surface area contributed by atoms with Gasteiger partial charge in [0.05, 0.1) is 6.54 Å². The van der Waals surface area contributed by atoms with Crippen molar-refractivity contribution in [3.63, 3.8) is 0 Å². The third-order valence-electron chi connectivity index (χ3n) is 3.56. The van der Waals surface area contributed by atoms with E-state index in [1.807, 2.05) is 6.07 Å². The summed E-state index contributed by atoms with van der Waals surface area (Å²) in [5.74, 6) is -1.15. The Morgan fingerprint density at radius 1 is 1.27 bits per heavy atom. The molecule has 2 rings (SSSR count). The van der Waals surface area contributed by atoms with E-state index in [0.29, 0.717) is 5.56 Å². The van der Waals surface area contributed by atoms with Gasteiger partial charge >= 0.3 is 12.1 Å². The lowest BCUT2D eigenvalue weighted by atomic mass is 9.91. The van der Waals surface area contributed by atoms with Gasteiger partial charge in [-0.1, -0.05) is 30.3 Å². The van der Waals surface area contributed by atoms with Crippen LogP contribution >= 0.6 is 0 Å². The molecule has 0 aromatic heterocycles. The highest BCUT2D eigenvalue weighted by Gasteiger charge is 2.50. The van der Waals surface area contributed by atoms with E-state index in [9.17, 15) is 19.8 Å². The van der Waals surface area contributed by atoms with Crippen molar-refractivity contribution in [2.45, 2.75) is 44.4 Å². The first kappa shape index (κ1) is 16.3. The number of aliphatic hydroxyl groups is 1. The number of nitrogens with zero attached hydrogens (tertiary/aromatic N) is 1. The van der Waals surface area contributed by atoms with E-state index in [2.05, 4.69) is 0 Å². The van der Waals surface area contributed by atoms with Crippen LogP contribution in [0.1, 0.15) is 32.8 Å². The molecule has 1 amide bonds. The van der Waals surface area contributed by atoms with Gasteiger partial charge in [-0.05, 0) is 26.3 Å². The zero-order chi connectivity index (χ0) is 16.5. The van der Waals surface area contributed by atoms with Gasteiger partial charge in [-0.25, -0.2) is 9.59 Å². The molecule has 2 N–H and O–H groups in total. The molecule has 2 atom stereocenters. The normalized spacial score (nSPS) is 25.1. The van der Waals surface area contributed by atoms with E-state index in [1.165, 1.54) is 0 Å². The number of carboxylic acids is 1. The van der Waals surface area contributed by atoms with Crippen LogP contribution in [0.5, 0.6) is 0 Å². The number of rotatable bonds is 2. The number of carbonyl (C=O) groups is 2. The number of ether oxygens (including phenoxy) is 1. The molecule has 0 radical (unpaired) electrons. The lowest BCUT2D eigenvalue weighted by Crippen LogP contribution is -2.43. The number of benzene rings is 1. The molecule has 1 aromatic rings. The summed E-state index contributed by atoms with van der Waals surface area (Å²) in [4.78, 5) is 24.7. The Bertz CT molecular complexity index is 566. The molecule has 120 valence electrons. The predicted octanol–water partition coefficient (Wildman–Crippen LogP) is 1.97. The van der Waals surface area contributed by atoms with Crippen LogP contribution in [0.4, 0.5) is 4.79 Å². The summed E-state index contributed by atoms with van der Waals surface area (Å²) in [6.45, 7) is 5.02. The Morgan fingerprint density at radius 2 is 1.86 bits per heavy atom. The largest absolute Gasteiger partial charge is 0.480 e. The number of aliphatic carboxylic acids is 1. The van der Waals surface area contributed by atoms with E-state index in [1.54, 1.807) is 45.0 Å². The number of carbonyl (C=O) groups excluding carboxylic acids is 1. The van der Waals surface area contributed by atoms with Crippen LogP contribution in [0.15, 0.2) is 30.3 Å². The summed E-state index contributed by atoms with van der Waals surface area (Å²) >= 11 is 0. The average molecular weight is 307 g/mol. The van der Waals surface area contributed by atoms with Gasteiger partial charge in [0.1, 0.15) is 17.2 Å². The molecule has 0 spiro atoms. The van der Waals surface area contributed by atoms with Crippen molar-refractivity contribution in [3.8, 4) is 0 Å². The molecular formula is C16H21NO5. The molecule has 0 saturated carbocycles. The van der Waals surface area contributed by atoms with Crippen molar-refractivity contribution in [1.29, 1.82) is 0 Å². The molecule has 1 aliphatic heterocycles. The fourth-order valence-electron chi connectivity index (χ4n) is 2.58. The molecule has 0 bridgehead atoms. The topological polar surface area (TPSA) is 87.1 Å². The summed E-state index contributed by atoms with van der Waals surface area (Å²) in [7, 11) is 0. The summed E-state index contributed by atoms with van der Waals surface area (Å²) in [5, 5.41) is 20.1. The van der Waals surface area contributed by atoms with Gasteiger partial charge in [-0.3, -0.25) is 4.90 Å². The first-order chi connectivity index (χ1) is 10.1. The molecule has 1 fully saturated rings. The number of likely N-dealkylation sites (tertiary alicyclic amines) is 1. The summed E-state index contributed by atoms with van der Waals surface area (Å²) in [5.41, 5.74) is -1.53. The zero-order valence-electron chi connectivity index (χ0n) is 12.9. The van der Waals surface area contributed by atoms with Crippen molar-refractivity contribution in [2.75, 3.05) is 6.54 Å². The number of amides is 1. The number of hydrogen-bond donors (Lipinski definition) is 2. The lowest BCUT2D eigenvalue weighted by molar-refractivity contribution is -0.142. The minimum absolute atomic E-state index is 0.0639. The summed E-state index contributed by atoms with van der Waals surface area (Å²) in [6, 6.07) is 7.66. The van der Waals surface area contributed by atoms with Gasteiger partial charge in [0.15, 0.2) is 0 Å². The Kier molecular flexibility index (Phi) is 4.15.